The van der Waals surface area contributed by atoms with Crippen LogP contribution in [-0.4, -0.2) is 43.5 Å². The van der Waals surface area contributed by atoms with Gasteiger partial charge in [0.15, 0.2) is 9.84 Å². The molecule has 3 rings (SSSR count). The lowest BCUT2D eigenvalue weighted by atomic mass is 10.2. The molecule has 2 N–H and O–H groups in total. The van der Waals surface area contributed by atoms with E-state index >= 15 is 0 Å². The van der Waals surface area contributed by atoms with Crippen molar-refractivity contribution in [2.45, 2.75) is 19.4 Å². The molecule has 1 amide bonds. The van der Waals surface area contributed by atoms with Crippen molar-refractivity contribution in [3.63, 3.8) is 0 Å². The lowest BCUT2D eigenvalue weighted by Gasteiger charge is -2.12. The summed E-state index contributed by atoms with van der Waals surface area (Å²) in [6, 6.07) is 8.81. The maximum atomic E-state index is 12.3. The van der Waals surface area contributed by atoms with E-state index in [4.69, 9.17) is 4.74 Å². The highest BCUT2D eigenvalue weighted by atomic mass is 32.2. The number of anilines is 2. The number of hydrogen-bond acceptors (Lipinski definition) is 6. The Balaban J connectivity index is 1.65. The van der Waals surface area contributed by atoms with Crippen molar-refractivity contribution in [3.8, 4) is 5.75 Å². The minimum absolute atomic E-state index is 0.00368. The molecule has 1 atom stereocenters. The number of carbonyl (C=O) groups is 1. The lowest BCUT2D eigenvalue weighted by Crippen LogP contribution is -2.35. The van der Waals surface area contributed by atoms with Crippen LogP contribution in [0.25, 0.3) is 0 Å². The number of carbonyl (C=O) groups excluding carboxylic acids is 1. The normalized spacial score (nSPS) is 18.3. The van der Waals surface area contributed by atoms with Gasteiger partial charge in [-0.15, -0.1) is 0 Å². The monoisotopic (exact) mass is 375 g/mol. The molecule has 2 heterocycles. The van der Waals surface area contributed by atoms with Crippen LogP contribution in [0.3, 0.4) is 0 Å². The topological polar surface area (TPSA) is 97.4 Å². The molecule has 1 saturated heterocycles. The van der Waals surface area contributed by atoms with Crippen molar-refractivity contribution in [1.29, 1.82) is 0 Å². The number of benzene rings is 1. The Morgan fingerprint density at radius 2 is 2.00 bits per heavy atom. The molecule has 1 aliphatic heterocycles. The smallest absolute Gasteiger partial charge is 0.253 e. The Hall–Kier alpha value is -2.61. The number of aromatic nitrogens is 1. The van der Waals surface area contributed by atoms with Crippen LogP contribution in [-0.2, 0) is 9.84 Å². The zero-order valence-corrected chi connectivity index (χ0v) is 15.3. The third-order valence-electron chi connectivity index (χ3n) is 4.02. The van der Waals surface area contributed by atoms with Crippen molar-refractivity contribution in [2.24, 2.45) is 0 Å². The van der Waals surface area contributed by atoms with Gasteiger partial charge in [0.1, 0.15) is 5.75 Å². The maximum absolute atomic E-state index is 12.3. The van der Waals surface area contributed by atoms with E-state index in [1.54, 1.807) is 12.3 Å². The molecule has 0 saturated carbocycles. The van der Waals surface area contributed by atoms with Crippen molar-refractivity contribution in [3.05, 3.63) is 48.3 Å². The van der Waals surface area contributed by atoms with Crippen LogP contribution in [0.1, 0.15) is 23.7 Å². The van der Waals surface area contributed by atoms with Gasteiger partial charge < -0.3 is 15.4 Å². The summed E-state index contributed by atoms with van der Waals surface area (Å²) in [6.45, 7) is 2.53. The highest BCUT2D eigenvalue weighted by Crippen LogP contribution is 2.20. The minimum atomic E-state index is -3.03. The molecule has 1 aliphatic rings. The fourth-order valence-corrected chi connectivity index (χ4v) is 4.45. The predicted octanol–water partition coefficient (Wildman–Crippen LogP) is 2.14. The van der Waals surface area contributed by atoms with Gasteiger partial charge in [-0.1, -0.05) is 0 Å². The van der Waals surface area contributed by atoms with Crippen LogP contribution in [0.15, 0.2) is 42.7 Å². The average Bonchev–Trinajstić information content (AvgIpc) is 2.95. The molecule has 0 radical (unpaired) electrons. The van der Waals surface area contributed by atoms with E-state index in [-0.39, 0.29) is 23.5 Å². The van der Waals surface area contributed by atoms with E-state index in [1.807, 2.05) is 31.2 Å². The van der Waals surface area contributed by atoms with Gasteiger partial charge in [-0.05, 0) is 43.7 Å². The van der Waals surface area contributed by atoms with E-state index in [2.05, 4.69) is 15.6 Å². The Morgan fingerprint density at radius 3 is 2.65 bits per heavy atom. The third kappa shape index (κ3) is 4.72. The summed E-state index contributed by atoms with van der Waals surface area (Å²) in [5, 5.41) is 5.94. The maximum Gasteiger partial charge on any atom is 0.253 e. The zero-order valence-electron chi connectivity index (χ0n) is 14.4. The SMILES string of the molecule is CCOc1ccc(Nc2cncc(C(=O)NC3CCS(=O)(=O)C3)c2)cc1. The van der Waals surface area contributed by atoms with Gasteiger partial charge in [-0.25, -0.2) is 8.42 Å². The molecule has 0 aliphatic carbocycles. The molecule has 1 aromatic heterocycles. The summed E-state index contributed by atoms with van der Waals surface area (Å²) < 4.78 is 28.4. The second-order valence-electron chi connectivity index (χ2n) is 6.12. The first-order valence-electron chi connectivity index (χ1n) is 8.41. The first kappa shape index (κ1) is 18.2. The molecule has 8 heteroatoms. The summed E-state index contributed by atoms with van der Waals surface area (Å²) in [5.41, 5.74) is 1.89. The molecule has 0 bridgehead atoms. The van der Waals surface area contributed by atoms with Crippen molar-refractivity contribution < 1.29 is 17.9 Å². The molecular formula is C18H21N3O4S. The highest BCUT2D eigenvalue weighted by Gasteiger charge is 2.29. The van der Waals surface area contributed by atoms with Crippen molar-refractivity contribution in [1.82, 2.24) is 10.3 Å². The van der Waals surface area contributed by atoms with Gasteiger partial charge in [0.05, 0.1) is 35.6 Å². The molecule has 138 valence electrons. The number of pyridine rings is 1. The Bertz CT molecular complexity index is 882. The first-order valence-corrected chi connectivity index (χ1v) is 10.2. The molecule has 26 heavy (non-hydrogen) atoms. The largest absolute Gasteiger partial charge is 0.494 e. The lowest BCUT2D eigenvalue weighted by molar-refractivity contribution is 0.0941. The molecule has 2 aromatic rings. The van der Waals surface area contributed by atoms with Gasteiger partial charge in [0, 0.05) is 17.9 Å². The number of amides is 1. The van der Waals surface area contributed by atoms with E-state index in [0.29, 0.717) is 24.3 Å². The minimum Gasteiger partial charge on any atom is -0.494 e. The fourth-order valence-electron chi connectivity index (χ4n) is 2.78. The summed E-state index contributed by atoms with van der Waals surface area (Å²) in [5.74, 6) is 0.581. The zero-order chi connectivity index (χ0) is 18.6. The number of nitrogens with zero attached hydrogens (tertiary/aromatic N) is 1. The summed E-state index contributed by atoms with van der Waals surface area (Å²) in [4.78, 5) is 16.4. The van der Waals surface area contributed by atoms with Crippen LogP contribution < -0.4 is 15.4 Å². The van der Waals surface area contributed by atoms with Crippen LogP contribution in [0.5, 0.6) is 5.75 Å². The van der Waals surface area contributed by atoms with Crippen LogP contribution in [0.4, 0.5) is 11.4 Å². The van der Waals surface area contributed by atoms with Gasteiger partial charge in [0.2, 0.25) is 0 Å². The molecule has 0 spiro atoms. The predicted molar refractivity (Wildman–Crippen MR) is 99.7 cm³/mol. The Kier molecular flexibility index (Phi) is 5.41. The van der Waals surface area contributed by atoms with Gasteiger partial charge in [0.25, 0.3) is 5.91 Å². The molecule has 1 fully saturated rings. The van der Waals surface area contributed by atoms with Gasteiger partial charge >= 0.3 is 0 Å². The van der Waals surface area contributed by atoms with Crippen molar-refractivity contribution in [2.75, 3.05) is 23.4 Å². The number of hydrogen-bond donors (Lipinski definition) is 2. The summed E-state index contributed by atoms with van der Waals surface area (Å²) in [7, 11) is -3.03. The second kappa shape index (κ2) is 7.74. The molecule has 1 unspecified atom stereocenters. The van der Waals surface area contributed by atoms with E-state index in [0.717, 1.165) is 11.4 Å². The molecule has 7 nitrogen and oxygen atoms in total. The third-order valence-corrected chi connectivity index (χ3v) is 5.79. The summed E-state index contributed by atoms with van der Waals surface area (Å²) in [6.07, 6.45) is 3.53. The van der Waals surface area contributed by atoms with E-state index < -0.39 is 9.84 Å². The first-order chi connectivity index (χ1) is 12.4. The average molecular weight is 375 g/mol. The standard InChI is InChI=1S/C18H21N3O4S/c1-2-25-17-5-3-14(4-6-17)20-16-9-13(10-19-11-16)18(22)21-15-7-8-26(23,24)12-15/h3-6,9-11,15,20H,2,7-8,12H2,1H3,(H,21,22). The number of nitrogens with one attached hydrogen (secondary N) is 2. The Labute approximate surface area is 152 Å². The van der Waals surface area contributed by atoms with Crippen molar-refractivity contribution >= 4 is 27.1 Å². The van der Waals surface area contributed by atoms with Crippen LogP contribution in [0, 0.1) is 0 Å². The fraction of sp³-hybridized carbons (Fsp3) is 0.333. The number of ether oxygens (including phenoxy) is 1. The van der Waals surface area contributed by atoms with E-state index in [1.165, 1.54) is 6.20 Å². The summed E-state index contributed by atoms with van der Waals surface area (Å²) >= 11 is 0. The van der Waals surface area contributed by atoms with Gasteiger partial charge in [-0.2, -0.15) is 0 Å². The quantitative estimate of drug-likeness (QED) is 0.803. The van der Waals surface area contributed by atoms with E-state index in [9.17, 15) is 13.2 Å². The highest BCUT2D eigenvalue weighted by molar-refractivity contribution is 7.91. The Morgan fingerprint density at radius 1 is 1.23 bits per heavy atom. The molecular weight excluding hydrogens is 354 g/mol. The number of sulfone groups is 1. The van der Waals surface area contributed by atoms with Crippen LogP contribution >= 0.6 is 0 Å². The van der Waals surface area contributed by atoms with Gasteiger partial charge in [-0.3, -0.25) is 9.78 Å². The second-order valence-corrected chi connectivity index (χ2v) is 8.35. The molecule has 1 aromatic carbocycles. The van der Waals surface area contributed by atoms with Crippen LogP contribution in [0.2, 0.25) is 0 Å². The number of rotatable bonds is 6.